The van der Waals surface area contributed by atoms with E-state index in [1.54, 1.807) is 6.20 Å². The molecule has 1 fully saturated rings. The molecule has 7 nitrogen and oxygen atoms in total. The number of hydrogen-bond donors (Lipinski definition) is 2. The van der Waals surface area contributed by atoms with Crippen molar-refractivity contribution in [1.29, 1.82) is 0 Å². The standard InChI is InChI=1S/C36H42F5N3O4/c1-19(2)14-28(44-18-24(21(4)16-29(44)45)10-13-43-11-7-12-43)35(48)42-27(17-30(46)47)32-33(37)22(5)15-25(34(32)38)31-20(3)8-9-26(23(31)6)36(39,40)41/h8-9,15-16,18-19,27-28H,7,10-14,17H2,1-6H3,(H,42,48)(H,46,47)/t27-,28?/m0/s1. The number of hydrogen-bond acceptors (Lipinski definition) is 4. The summed E-state index contributed by atoms with van der Waals surface area (Å²) in [5.41, 5.74) is -1.22. The third-order valence-corrected chi connectivity index (χ3v) is 9.08. The molecular formula is C36H42F5N3O4. The summed E-state index contributed by atoms with van der Waals surface area (Å²) in [6, 6.07) is 1.70. The highest BCUT2D eigenvalue weighted by Crippen LogP contribution is 2.41. The Hall–Kier alpha value is -4.06. The molecule has 1 aliphatic heterocycles. The monoisotopic (exact) mass is 675 g/mol. The van der Waals surface area contributed by atoms with Crippen molar-refractivity contribution in [2.24, 2.45) is 5.92 Å². The van der Waals surface area contributed by atoms with Gasteiger partial charge in [-0.1, -0.05) is 19.9 Å². The Morgan fingerprint density at radius 3 is 2.21 bits per heavy atom. The average Bonchev–Trinajstić information content (AvgIpc) is 2.93. The third kappa shape index (κ3) is 7.97. The van der Waals surface area contributed by atoms with Crippen LogP contribution in [-0.2, 0) is 22.2 Å². The number of aliphatic carboxylic acids is 1. The molecule has 2 heterocycles. The van der Waals surface area contributed by atoms with Crippen LogP contribution in [0.5, 0.6) is 0 Å². The number of halogens is 5. The lowest BCUT2D eigenvalue weighted by atomic mass is 9.87. The second-order valence-corrected chi connectivity index (χ2v) is 13.2. The highest BCUT2D eigenvalue weighted by atomic mass is 19.4. The number of alkyl halides is 3. The average molecular weight is 676 g/mol. The van der Waals surface area contributed by atoms with Crippen molar-refractivity contribution in [3.05, 3.63) is 91.4 Å². The maximum absolute atomic E-state index is 16.5. The SMILES string of the molecule is Cc1cc(=O)n(C(CC(C)C)C(=O)N[C@@H](CC(=O)O)c2c(F)c(C)cc(-c3c(C)ccc(C(F)(F)F)c3C)c2F)cc1CCN1CCC1. The van der Waals surface area contributed by atoms with Gasteiger partial charge in [0.25, 0.3) is 5.56 Å². The van der Waals surface area contributed by atoms with Crippen molar-refractivity contribution in [1.82, 2.24) is 14.8 Å². The van der Waals surface area contributed by atoms with Gasteiger partial charge in [0.1, 0.15) is 17.7 Å². The summed E-state index contributed by atoms with van der Waals surface area (Å²) in [6.45, 7) is 12.2. The first-order chi connectivity index (χ1) is 22.4. The number of carboxylic acids is 1. The van der Waals surface area contributed by atoms with Crippen LogP contribution in [0.15, 0.2) is 35.3 Å². The second kappa shape index (κ2) is 14.6. The molecule has 1 aromatic heterocycles. The largest absolute Gasteiger partial charge is 0.481 e. The van der Waals surface area contributed by atoms with E-state index in [9.17, 15) is 32.7 Å². The lowest BCUT2D eigenvalue weighted by molar-refractivity contribution is -0.139. The molecule has 12 heteroatoms. The molecule has 1 saturated heterocycles. The zero-order valence-electron chi connectivity index (χ0n) is 28.0. The summed E-state index contributed by atoms with van der Waals surface area (Å²) >= 11 is 0. The maximum atomic E-state index is 16.5. The Bertz CT molecular complexity index is 1760. The Morgan fingerprint density at radius 2 is 1.65 bits per heavy atom. The fraction of sp³-hybridized carbons (Fsp3) is 0.472. The molecule has 0 aliphatic carbocycles. The first kappa shape index (κ1) is 36.8. The highest BCUT2D eigenvalue weighted by Gasteiger charge is 2.36. The normalized spacial score (nSPS) is 14.9. The van der Waals surface area contributed by atoms with Gasteiger partial charge in [0.15, 0.2) is 0 Å². The molecule has 1 aliphatic rings. The molecule has 1 amide bonds. The van der Waals surface area contributed by atoms with Crippen molar-refractivity contribution in [2.45, 2.75) is 85.5 Å². The molecule has 2 aromatic carbocycles. The van der Waals surface area contributed by atoms with E-state index < -0.39 is 64.9 Å². The number of likely N-dealkylation sites (tertiary alicyclic amines) is 1. The van der Waals surface area contributed by atoms with Gasteiger partial charge in [-0.05, 0) is 111 Å². The van der Waals surface area contributed by atoms with Crippen LogP contribution < -0.4 is 10.9 Å². The molecule has 3 aromatic rings. The number of carbonyl (C=O) groups excluding carboxylic acids is 1. The van der Waals surface area contributed by atoms with Gasteiger partial charge in [-0.3, -0.25) is 14.4 Å². The topological polar surface area (TPSA) is 91.6 Å². The van der Waals surface area contributed by atoms with Crippen molar-refractivity contribution in [3.63, 3.8) is 0 Å². The van der Waals surface area contributed by atoms with Crippen molar-refractivity contribution >= 4 is 11.9 Å². The maximum Gasteiger partial charge on any atom is 0.416 e. The minimum absolute atomic E-state index is 0.109. The third-order valence-electron chi connectivity index (χ3n) is 9.08. The van der Waals surface area contributed by atoms with Gasteiger partial charge in [0.2, 0.25) is 5.91 Å². The van der Waals surface area contributed by atoms with Gasteiger partial charge in [0, 0.05) is 29.9 Å². The van der Waals surface area contributed by atoms with Crippen LogP contribution in [0.2, 0.25) is 0 Å². The minimum atomic E-state index is -4.74. The zero-order valence-corrected chi connectivity index (χ0v) is 28.0. The molecular weight excluding hydrogens is 633 g/mol. The van der Waals surface area contributed by atoms with Crippen molar-refractivity contribution < 1.29 is 36.6 Å². The summed E-state index contributed by atoms with van der Waals surface area (Å²) in [4.78, 5) is 41.5. The van der Waals surface area contributed by atoms with Gasteiger partial charge in [-0.2, -0.15) is 13.2 Å². The van der Waals surface area contributed by atoms with Crippen LogP contribution in [0.1, 0.15) is 84.1 Å². The molecule has 2 atom stereocenters. The summed E-state index contributed by atoms with van der Waals surface area (Å²) in [5.74, 6) is -4.82. The fourth-order valence-electron chi connectivity index (χ4n) is 6.39. The predicted octanol–water partition coefficient (Wildman–Crippen LogP) is 7.21. The summed E-state index contributed by atoms with van der Waals surface area (Å²) in [7, 11) is 0. The van der Waals surface area contributed by atoms with Crippen LogP contribution >= 0.6 is 0 Å². The number of carboxylic acid groups (broad SMARTS) is 1. The van der Waals surface area contributed by atoms with Crippen LogP contribution in [0, 0.1) is 45.2 Å². The van der Waals surface area contributed by atoms with Crippen molar-refractivity contribution in [3.8, 4) is 11.1 Å². The molecule has 4 rings (SSSR count). The van der Waals surface area contributed by atoms with Gasteiger partial charge < -0.3 is 19.9 Å². The Kier molecular flexibility index (Phi) is 11.2. The predicted molar refractivity (Wildman–Crippen MR) is 173 cm³/mol. The number of amides is 1. The fourth-order valence-corrected chi connectivity index (χ4v) is 6.39. The van der Waals surface area contributed by atoms with Crippen LogP contribution in [0.3, 0.4) is 0 Å². The van der Waals surface area contributed by atoms with E-state index in [2.05, 4.69) is 10.2 Å². The smallest absolute Gasteiger partial charge is 0.416 e. The molecule has 0 spiro atoms. The number of pyridine rings is 1. The zero-order chi connectivity index (χ0) is 35.7. The van der Waals surface area contributed by atoms with E-state index in [1.807, 2.05) is 20.8 Å². The van der Waals surface area contributed by atoms with E-state index in [0.717, 1.165) is 49.3 Å². The number of aryl methyl sites for hydroxylation is 3. The van der Waals surface area contributed by atoms with Gasteiger partial charge >= 0.3 is 12.1 Å². The lowest BCUT2D eigenvalue weighted by Crippen LogP contribution is -2.41. The van der Waals surface area contributed by atoms with Crippen molar-refractivity contribution in [2.75, 3.05) is 19.6 Å². The molecule has 0 saturated carbocycles. The molecule has 1 unspecified atom stereocenters. The molecule has 48 heavy (non-hydrogen) atoms. The Balaban J connectivity index is 1.81. The second-order valence-electron chi connectivity index (χ2n) is 13.2. The molecule has 0 radical (unpaired) electrons. The number of rotatable bonds is 12. The number of carbonyl (C=O) groups is 2. The first-order valence-electron chi connectivity index (χ1n) is 16.0. The van der Waals surface area contributed by atoms with Gasteiger partial charge in [-0.15, -0.1) is 0 Å². The highest BCUT2D eigenvalue weighted by molar-refractivity contribution is 5.82. The van der Waals surface area contributed by atoms with Crippen LogP contribution in [-0.4, -0.2) is 46.1 Å². The Morgan fingerprint density at radius 1 is 0.979 bits per heavy atom. The van der Waals surface area contributed by atoms with Crippen LogP contribution in [0.25, 0.3) is 11.1 Å². The summed E-state index contributed by atoms with van der Waals surface area (Å²) in [6.07, 6.45) is -2.12. The quantitative estimate of drug-likeness (QED) is 0.198. The molecule has 260 valence electrons. The number of aromatic nitrogens is 1. The van der Waals surface area contributed by atoms with Gasteiger partial charge in [0.05, 0.1) is 18.0 Å². The van der Waals surface area contributed by atoms with E-state index in [4.69, 9.17) is 0 Å². The summed E-state index contributed by atoms with van der Waals surface area (Å²) < 4.78 is 75.0. The number of benzene rings is 2. The van der Waals surface area contributed by atoms with E-state index in [0.29, 0.717) is 6.42 Å². The van der Waals surface area contributed by atoms with Crippen LogP contribution in [0.4, 0.5) is 22.0 Å². The van der Waals surface area contributed by atoms with E-state index in [1.165, 1.54) is 37.5 Å². The Labute approximate surface area is 276 Å². The number of nitrogens with zero attached hydrogens (tertiary/aromatic N) is 2. The first-order valence-corrected chi connectivity index (χ1v) is 16.0. The molecule has 2 N–H and O–H groups in total. The van der Waals surface area contributed by atoms with E-state index >= 15 is 8.78 Å². The van der Waals surface area contributed by atoms with Gasteiger partial charge in [-0.25, -0.2) is 8.78 Å². The lowest BCUT2D eigenvalue weighted by Gasteiger charge is -2.31. The molecule has 0 bridgehead atoms. The summed E-state index contributed by atoms with van der Waals surface area (Å²) in [5, 5.41) is 12.3. The minimum Gasteiger partial charge on any atom is -0.481 e. The van der Waals surface area contributed by atoms with E-state index in [-0.39, 0.29) is 40.2 Å². The number of nitrogens with one attached hydrogen (secondary N) is 1.